The van der Waals surface area contributed by atoms with Crippen molar-refractivity contribution >= 4 is 6.21 Å². The fourth-order valence-corrected chi connectivity index (χ4v) is 2.12. The normalized spacial score (nSPS) is 15.7. The fraction of sp³-hybridized carbons (Fsp3) is 0.462. The number of nitrogens with one attached hydrogen (secondary N) is 1. The molecule has 1 aromatic heterocycles. The molecule has 2 heterocycles. The van der Waals surface area contributed by atoms with E-state index >= 15 is 0 Å². The number of hydrogen-bond acceptors (Lipinski definition) is 5. The van der Waals surface area contributed by atoms with Crippen LogP contribution in [0.15, 0.2) is 27.3 Å². The SMILES string of the molecule is C=CCn1c(O)c(/C=N/N2CCCCC2)c(=O)[nH]c1=O. The van der Waals surface area contributed by atoms with Crippen molar-refractivity contribution in [1.82, 2.24) is 14.6 Å². The molecule has 7 heteroatoms. The van der Waals surface area contributed by atoms with Crippen molar-refractivity contribution in [1.29, 1.82) is 0 Å². The number of piperidine rings is 1. The average molecular weight is 278 g/mol. The maximum Gasteiger partial charge on any atom is 0.331 e. The Morgan fingerprint density at radius 1 is 1.30 bits per heavy atom. The van der Waals surface area contributed by atoms with Gasteiger partial charge in [-0.25, -0.2) is 4.79 Å². The Kier molecular flexibility index (Phi) is 4.39. The zero-order valence-corrected chi connectivity index (χ0v) is 11.2. The van der Waals surface area contributed by atoms with Gasteiger partial charge in [-0.05, 0) is 19.3 Å². The first-order chi connectivity index (χ1) is 9.63. The molecule has 1 aromatic rings. The summed E-state index contributed by atoms with van der Waals surface area (Å²) in [5.41, 5.74) is -1.33. The highest BCUT2D eigenvalue weighted by atomic mass is 16.3. The van der Waals surface area contributed by atoms with Crippen LogP contribution in [0.2, 0.25) is 0 Å². The quantitative estimate of drug-likeness (QED) is 0.610. The van der Waals surface area contributed by atoms with E-state index in [9.17, 15) is 14.7 Å². The van der Waals surface area contributed by atoms with E-state index in [0.717, 1.165) is 30.5 Å². The molecule has 2 rings (SSSR count). The molecule has 0 unspecified atom stereocenters. The highest BCUT2D eigenvalue weighted by molar-refractivity contribution is 5.81. The first-order valence-corrected chi connectivity index (χ1v) is 6.59. The van der Waals surface area contributed by atoms with Crippen molar-refractivity contribution in [2.24, 2.45) is 5.10 Å². The molecule has 0 bridgehead atoms. The third-order valence-electron chi connectivity index (χ3n) is 3.20. The number of allylic oxidation sites excluding steroid dienone is 1. The minimum absolute atomic E-state index is 0.0166. The summed E-state index contributed by atoms with van der Waals surface area (Å²) >= 11 is 0. The Hall–Kier alpha value is -2.31. The van der Waals surface area contributed by atoms with E-state index < -0.39 is 11.2 Å². The van der Waals surface area contributed by atoms with Gasteiger partial charge in [0.15, 0.2) is 0 Å². The Balaban J connectivity index is 2.33. The van der Waals surface area contributed by atoms with Gasteiger partial charge < -0.3 is 5.11 Å². The predicted octanol–water partition coefficient (Wildman–Crippen LogP) is 0.248. The molecule has 1 aliphatic rings. The lowest BCUT2D eigenvalue weighted by Crippen LogP contribution is -2.32. The first-order valence-electron chi connectivity index (χ1n) is 6.59. The summed E-state index contributed by atoms with van der Waals surface area (Å²) in [4.78, 5) is 25.4. The molecule has 0 spiro atoms. The molecule has 1 saturated heterocycles. The third kappa shape index (κ3) is 2.98. The molecule has 0 saturated carbocycles. The lowest BCUT2D eigenvalue weighted by molar-refractivity contribution is 0.240. The van der Waals surface area contributed by atoms with Crippen molar-refractivity contribution in [3.05, 3.63) is 39.1 Å². The standard InChI is InChI=1S/C13H18N4O3/c1-2-6-17-12(19)10(11(18)15-13(17)20)9-14-16-7-4-3-5-8-16/h2,9,19H,1,3-8H2,(H,15,18,20)/b14-9+. The molecular weight excluding hydrogens is 260 g/mol. The van der Waals surface area contributed by atoms with Crippen molar-refractivity contribution < 1.29 is 5.11 Å². The second-order valence-corrected chi connectivity index (χ2v) is 4.65. The van der Waals surface area contributed by atoms with Crippen LogP contribution < -0.4 is 11.2 Å². The van der Waals surface area contributed by atoms with Crippen LogP contribution >= 0.6 is 0 Å². The number of H-pyrrole nitrogens is 1. The van der Waals surface area contributed by atoms with Gasteiger partial charge in [0.05, 0.1) is 6.21 Å². The molecule has 0 aliphatic carbocycles. The van der Waals surface area contributed by atoms with Gasteiger partial charge in [0.1, 0.15) is 5.56 Å². The molecule has 0 radical (unpaired) electrons. The minimum Gasteiger partial charge on any atom is -0.494 e. The summed E-state index contributed by atoms with van der Waals surface area (Å²) in [5, 5.41) is 16.0. The van der Waals surface area contributed by atoms with Gasteiger partial charge in [-0.2, -0.15) is 5.10 Å². The summed E-state index contributed by atoms with van der Waals surface area (Å²) in [5.74, 6) is -0.389. The number of aromatic hydroxyl groups is 1. The van der Waals surface area contributed by atoms with Crippen LogP contribution in [-0.4, -0.2) is 39.0 Å². The molecule has 2 N–H and O–H groups in total. The second kappa shape index (κ2) is 6.23. The Bertz CT molecular complexity index is 623. The van der Waals surface area contributed by atoms with Gasteiger partial charge >= 0.3 is 5.69 Å². The largest absolute Gasteiger partial charge is 0.494 e. The van der Waals surface area contributed by atoms with E-state index in [1.807, 2.05) is 5.01 Å². The van der Waals surface area contributed by atoms with Crippen molar-refractivity contribution in [3.8, 4) is 5.88 Å². The Labute approximate surface area is 115 Å². The number of hydrogen-bond donors (Lipinski definition) is 2. The van der Waals surface area contributed by atoms with Crippen molar-refractivity contribution in [3.63, 3.8) is 0 Å². The summed E-state index contributed by atoms with van der Waals surface area (Å²) in [7, 11) is 0. The van der Waals surface area contributed by atoms with Gasteiger partial charge in [0.25, 0.3) is 5.56 Å². The van der Waals surface area contributed by atoms with Crippen molar-refractivity contribution in [2.75, 3.05) is 13.1 Å². The third-order valence-corrected chi connectivity index (χ3v) is 3.20. The smallest absolute Gasteiger partial charge is 0.331 e. The summed E-state index contributed by atoms with van der Waals surface area (Å²) < 4.78 is 1.03. The van der Waals surface area contributed by atoms with Crippen LogP contribution in [0.4, 0.5) is 0 Å². The summed E-state index contributed by atoms with van der Waals surface area (Å²) in [6.45, 7) is 5.29. The molecule has 0 amide bonds. The molecule has 20 heavy (non-hydrogen) atoms. The van der Waals surface area contributed by atoms with E-state index in [4.69, 9.17) is 0 Å². The monoisotopic (exact) mass is 278 g/mol. The maximum atomic E-state index is 11.7. The predicted molar refractivity (Wildman–Crippen MR) is 76.2 cm³/mol. The minimum atomic E-state index is -0.664. The van der Waals surface area contributed by atoms with Crippen molar-refractivity contribution in [2.45, 2.75) is 25.8 Å². The number of rotatable bonds is 4. The molecule has 108 valence electrons. The molecule has 1 fully saturated rings. The lowest BCUT2D eigenvalue weighted by Gasteiger charge is -2.23. The van der Waals surface area contributed by atoms with Gasteiger partial charge in [0, 0.05) is 19.6 Å². The van der Waals surface area contributed by atoms with Crippen LogP contribution in [0.5, 0.6) is 5.88 Å². The molecule has 7 nitrogen and oxygen atoms in total. The highest BCUT2D eigenvalue weighted by Gasteiger charge is 2.12. The number of hydrazone groups is 1. The van der Waals surface area contributed by atoms with Crippen LogP contribution in [0.1, 0.15) is 24.8 Å². The Morgan fingerprint density at radius 2 is 2.00 bits per heavy atom. The summed E-state index contributed by atoms with van der Waals surface area (Å²) in [6, 6.07) is 0. The lowest BCUT2D eigenvalue weighted by atomic mass is 10.2. The highest BCUT2D eigenvalue weighted by Crippen LogP contribution is 2.11. The maximum absolute atomic E-state index is 11.7. The van der Waals surface area contributed by atoms with Crippen LogP contribution in [0, 0.1) is 0 Å². The fourth-order valence-electron chi connectivity index (χ4n) is 2.12. The number of aromatic amines is 1. The van der Waals surface area contributed by atoms with Gasteiger partial charge in [0.2, 0.25) is 5.88 Å². The van der Waals surface area contributed by atoms with E-state index in [0.29, 0.717) is 0 Å². The van der Waals surface area contributed by atoms with E-state index in [2.05, 4.69) is 16.7 Å². The molecule has 1 aliphatic heterocycles. The summed E-state index contributed by atoms with van der Waals surface area (Å²) in [6.07, 6.45) is 6.08. The average Bonchev–Trinajstić information content (AvgIpc) is 2.44. The zero-order chi connectivity index (χ0) is 14.5. The number of nitrogens with zero attached hydrogens (tertiary/aromatic N) is 3. The second-order valence-electron chi connectivity index (χ2n) is 4.65. The molecule has 0 atom stereocenters. The molecular formula is C13H18N4O3. The van der Waals surface area contributed by atoms with E-state index in [-0.39, 0.29) is 18.0 Å². The van der Waals surface area contributed by atoms with Crippen LogP contribution in [-0.2, 0) is 6.54 Å². The number of aromatic nitrogens is 2. The van der Waals surface area contributed by atoms with Gasteiger partial charge in [-0.1, -0.05) is 6.08 Å². The molecule has 0 aromatic carbocycles. The Morgan fingerprint density at radius 3 is 2.65 bits per heavy atom. The van der Waals surface area contributed by atoms with Crippen LogP contribution in [0.25, 0.3) is 0 Å². The van der Waals surface area contributed by atoms with Gasteiger partial charge in [-0.15, -0.1) is 6.58 Å². The zero-order valence-electron chi connectivity index (χ0n) is 11.2. The topological polar surface area (TPSA) is 90.7 Å². The first kappa shape index (κ1) is 14.1. The van der Waals surface area contributed by atoms with E-state index in [1.165, 1.54) is 18.7 Å². The van der Waals surface area contributed by atoms with E-state index in [1.54, 1.807) is 0 Å². The van der Waals surface area contributed by atoms with Crippen LogP contribution in [0.3, 0.4) is 0 Å². The van der Waals surface area contributed by atoms with Gasteiger partial charge in [-0.3, -0.25) is 19.4 Å².